The highest BCUT2D eigenvalue weighted by Crippen LogP contribution is 2.23. The Balaban J connectivity index is 1.90. The predicted octanol–water partition coefficient (Wildman–Crippen LogP) is 3.35. The largest absolute Gasteiger partial charge is 0.492 e. The third-order valence-electron chi connectivity index (χ3n) is 3.99. The van der Waals surface area contributed by atoms with Gasteiger partial charge >= 0.3 is 0 Å². The fraction of sp³-hybridized carbons (Fsp3) is 0.200. The van der Waals surface area contributed by atoms with Gasteiger partial charge in [-0.1, -0.05) is 30.3 Å². The second-order valence-corrected chi connectivity index (χ2v) is 5.75. The lowest BCUT2D eigenvalue weighted by Gasteiger charge is -2.14. The van der Waals surface area contributed by atoms with Gasteiger partial charge in [0.05, 0.1) is 17.8 Å². The molecule has 1 heterocycles. The Morgan fingerprint density at radius 1 is 1.12 bits per heavy atom. The number of hydrogen-bond acceptors (Lipinski definition) is 3. The first-order chi connectivity index (χ1) is 12.1. The van der Waals surface area contributed by atoms with Crippen molar-refractivity contribution in [1.82, 2.24) is 4.57 Å². The molecule has 0 saturated carbocycles. The number of nitrogens with zero attached hydrogens (tertiary/aromatic N) is 1. The maximum absolute atomic E-state index is 12.5. The summed E-state index contributed by atoms with van der Waals surface area (Å²) in [6.45, 7) is 4.23. The van der Waals surface area contributed by atoms with E-state index in [1.807, 2.05) is 50.2 Å². The highest BCUT2D eigenvalue weighted by atomic mass is 16.5. The molecule has 0 atom stereocenters. The van der Waals surface area contributed by atoms with Crippen LogP contribution >= 0.6 is 0 Å². The van der Waals surface area contributed by atoms with Crippen LogP contribution in [-0.4, -0.2) is 17.1 Å². The van der Waals surface area contributed by atoms with Gasteiger partial charge in [0.25, 0.3) is 5.56 Å². The third kappa shape index (κ3) is 3.55. The van der Waals surface area contributed by atoms with E-state index in [9.17, 15) is 9.59 Å². The summed E-state index contributed by atoms with van der Waals surface area (Å²) >= 11 is 0. The molecule has 0 aliphatic rings. The number of rotatable bonds is 5. The molecule has 3 aromatic rings. The van der Waals surface area contributed by atoms with Crippen molar-refractivity contribution in [2.24, 2.45) is 0 Å². The standard InChI is InChI=1S/C20H20N2O3/c1-3-25-18-11-7-5-9-16(18)21-19(23)13-22-17-10-6-4-8-15(17)14(2)12-20(22)24/h4-12H,3,13H2,1-2H3,(H,21,23). The second-order valence-electron chi connectivity index (χ2n) is 5.75. The van der Waals surface area contributed by atoms with Crippen LogP contribution in [0.3, 0.4) is 0 Å². The number of anilines is 1. The maximum atomic E-state index is 12.5. The van der Waals surface area contributed by atoms with Crippen LogP contribution in [0, 0.1) is 6.92 Å². The summed E-state index contributed by atoms with van der Waals surface area (Å²) in [4.78, 5) is 24.9. The van der Waals surface area contributed by atoms with Crippen LogP contribution in [0.2, 0.25) is 0 Å². The first-order valence-electron chi connectivity index (χ1n) is 8.21. The summed E-state index contributed by atoms with van der Waals surface area (Å²) in [6.07, 6.45) is 0. The van der Waals surface area contributed by atoms with Crippen molar-refractivity contribution in [3.8, 4) is 5.75 Å². The van der Waals surface area contributed by atoms with E-state index < -0.39 is 0 Å². The molecule has 1 N–H and O–H groups in total. The van der Waals surface area contributed by atoms with Crippen LogP contribution in [0.25, 0.3) is 10.9 Å². The van der Waals surface area contributed by atoms with E-state index >= 15 is 0 Å². The summed E-state index contributed by atoms with van der Waals surface area (Å²) in [5.74, 6) is 0.336. The number of ether oxygens (including phenoxy) is 1. The number of pyridine rings is 1. The van der Waals surface area contributed by atoms with Gasteiger partial charge in [-0.3, -0.25) is 14.2 Å². The fourth-order valence-electron chi connectivity index (χ4n) is 2.85. The van der Waals surface area contributed by atoms with E-state index in [-0.39, 0.29) is 18.0 Å². The molecule has 0 radical (unpaired) electrons. The van der Waals surface area contributed by atoms with E-state index in [0.717, 1.165) is 16.5 Å². The molecule has 5 nitrogen and oxygen atoms in total. The van der Waals surface area contributed by atoms with Crippen molar-refractivity contribution in [2.75, 3.05) is 11.9 Å². The monoisotopic (exact) mass is 336 g/mol. The van der Waals surface area contributed by atoms with Gasteiger partial charge in [-0.25, -0.2) is 0 Å². The van der Waals surface area contributed by atoms with Crippen LogP contribution in [0.15, 0.2) is 59.4 Å². The number of fused-ring (bicyclic) bond motifs is 1. The highest BCUT2D eigenvalue weighted by Gasteiger charge is 2.12. The summed E-state index contributed by atoms with van der Waals surface area (Å²) in [6, 6.07) is 16.4. The fourth-order valence-corrected chi connectivity index (χ4v) is 2.85. The predicted molar refractivity (Wildman–Crippen MR) is 99.2 cm³/mol. The number of nitrogens with one attached hydrogen (secondary N) is 1. The second kappa shape index (κ2) is 7.21. The third-order valence-corrected chi connectivity index (χ3v) is 3.99. The zero-order chi connectivity index (χ0) is 17.8. The normalized spacial score (nSPS) is 10.6. The Morgan fingerprint density at radius 3 is 2.64 bits per heavy atom. The molecule has 0 unspecified atom stereocenters. The van der Waals surface area contributed by atoms with E-state index in [2.05, 4.69) is 5.32 Å². The molecule has 25 heavy (non-hydrogen) atoms. The van der Waals surface area contributed by atoms with E-state index in [0.29, 0.717) is 18.0 Å². The Hall–Kier alpha value is -3.08. The molecule has 1 amide bonds. The quantitative estimate of drug-likeness (QED) is 0.777. The van der Waals surface area contributed by atoms with Crippen molar-refractivity contribution in [1.29, 1.82) is 0 Å². The molecule has 2 aromatic carbocycles. The molecule has 5 heteroatoms. The van der Waals surface area contributed by atoms with Gasteiger partial charge in [-0.15, -0.1) is 0 Å². The van der Waals surface area contributed by atoms with Crippen molar-refractivity contribution in [3.63, 3.8) is 0 Å². The van der Waals surface area contributed by atoms with Gasteiger partial charge in [-0.2, -0.15) is 0 Å². The molecule has 0 aliphatic heterocycles. The zero-order valence-electron chi connectivity index (χ0n) is 14.3. The van der Waals surface area contributed by atoms with Crippen molar-refractivity contribution >= 4 is 22.5 Å². The minimum Gasteiger partial charge on any atom is -0.492 e. The van der Waals surface area contributed by atoms with Gasteiger partial charge in [0.15, 0.2) is 0 Å². The van der Waals surface area contributed by atoms with Crippen LogP contribution in [0.4, 0.5) is 5.69 Å². The lowest BCUT2D eigenvalue weighted by molar-refractivity contribution is -0.116. The lowest BCUT2D eigenvalue weighted by Crippen LogP contribution is -2.28. The molecule has 0 aliphatic carbocycles. The number of hydrogen-bond donors (Lipinski definition) is 1. The topological polar surface area (TPSA) is 60.3 Å². The number of carbonyl (C=O) groups is 1. The van der Waals surface area contributed by atoms with E-state index in [1.165, 1.54) is 4.57 Å². The zero-order valence-corrected chi connectivity index (χ0v) is 14.3. The number of carbonyl (C=O) groups excluding carboxylic acids is 1. The molecule has 0 saturated heterocycles. The van der Waals surface area contributed by atoms with Crippen LogP contribution in [-0.2, 0) is 11.3 Å². The van der Waals surface area contributed by atoms with Gasteiger partial charge in [0.2, 0.25) is 5.91 Å². The molecule has 1 aromatic heterocycles. The summed E-state index contributed by atoms with van der Waals surface area (Å²) in [7, 11) is 0. The summed E-state index contributed by atoms with van der Waals surface area (Å²) in [5, 5.41) is 3.79. The molecule has 0 spiro atoms. The SMILES string of the molecule is CCOc1ccccc1NC(=O)Cn1c(=O)cc(C)c2ccccc21. The Bertz CT molecular complexity index is 976. The minimum absolute atomic E-state index is 0.0555. The van der Waals surface area contributed by atoms with Crippen molar-refractivity contribution < 1.29 is 9.53 Å². The highest BCUT2D eigenvalue weighted by molar-refractivity contribution is 5.93. The molecule has 0 fully saturated rings. The van der Waals surface area contributed by atoms with Gasteiger partial charge in [-0.05, 0) is 37.6 Å². The van der Waals surface area contributed by atoms with Crippen LogP contribution in [0.1, 0.15) is 12.5 Å². The lowest BCUT2D eigenvalue weighted by atomic mass is 10.1. The average Bonchev–Trinajstić information content (AvgIpc) is 2.60. The first kappa shape index (κ1) is 16.8. The molecule has 3 rings (SSSR count). The van der Waals surface area contributed by atoms with Crippen molar-refractivity contribution in [2.45, 2.75) is 20.4 Å². The minimum atomic E-state index is -0.275. The number of amides is 1. The molecular formula is C20H20N2O3. The van der Waals surface area contributed by atoms with E-state index in [1.54, 1.807) is 18.2 Å². The number of aryl methyl sites for hydroxylation is 1. The average molecular weight is 336 g/mol. The maximum Gasteiger partial charge on any atom is 0.251 e. The Morgan fingerprint density at radius 2 is 1.84 bits per heavy atom. The van der Waals surface area contributed by atoms with Gasteiger partial charge in [0, 0.05) is 11.5 Å². The van der Waals surface area contributed by atoms with Gasteiger partial charge in [0.1, 0.15) is 12.3 Å². The van der Waals surface area contributed by atoms with Gasteiger partial charge < -0.3 is 10.1 Å². The number of aromatic nitrogens is 1. The summed E-state index contributed by atoms with van der Waals surface area (Å²) in [5.41, 5.74) is 2.06. The van der Waals surface area contributed by atoms with Crippen LogP contribution < -0.4 is 15.6 Å². The summed E-state index contributed by atoms with van der Waals surface area (Å²) < 4.78 is 7.00. The molecule has 0 bridgehead atoms. The van der Waals surface area contributed by atoms with Crippen molar-refractivity contribution in [3.05, 3.63) is 70.5 Å². The van der Waals surface area contributed by atoms with Crippen LogP contribution in [0.5, 0.6) is 5.75 Å². The smallest absolute Gasteiger partial charge is 0.251 e. The number of benzene rings is 2. The molecular weight excluding hydrogens is 316 g/mol. The van der Waals surface area contributed by atoms with E-state index in [4.69, 9.17) is 4.74 Å². The Kier molecular flexibility index (Phi) is 4.84. The first-order valence-corrected chi connectivity index (χ1v) is 8.21. The Labute approximate surface area is 145 Å². The number of para-hydroxylation sites is 3. The molecule has 128 valence electrons.